The van der Waals surface area contributed by atoms with Gasteiger partial charge in [-0.25, -0.2) is 9.59 Å². The molecule has 0 aliphatic carbocycles. The van der Waals surface area contributed by atoms with Crippen LogP contribution in [0.2, 0.25) is 0 Å². The second-order valence-electron chi connectivity index (χ2n) is 5.01. The van der Waals surface area contributed by atoms with Crippen LogP contribution in [0.15, 0.2) is 24.3 Å². The Bertz CT molecular complexity index is 535. The fourth-order valence-electron chi connectivity index (χ4n) is 1.47. The fraction of sp³-hybridized carbons (Fsp3) is 0.438. The van der Waals surface area contributed by atoms with Gasteiger partial charge in [0.15, 0.2) is 5.78 Å². The van der Waals surface area contributed by atoms with Crippen LogP contribution in [-0.2, 0) is 9.59 Å². The summed E-state index contributed by atoms with van der Waals surface area (Å²) >= 11 is 5.58. The summed E-state index contributed by atoms with van der Waals surface area (Å²) in [5.41, 5.74) is 0.709. The molecule has 0 bridgehead atoms. The SMILES string of the molecule is CN(C)CCC(=O)c1cccc(OCCCCl)c1.O=C(O)C(=O)O. The molecule has 2 N–H and O–H groups in total. The Hall–Kier alpha value is -2.12. The van der Waals surface area contributed by atoms with Crippen LogP contribution in [0, 0.1) is 0 Å². The number of halogens is 1. The molecule has 0 aromatic heterocycles. The molecular weight excluding hydrogens is 338 g/mol. The van der Waals surface area contributed by atoms with Crippen LogP contribution < -0.4 is 4.74 Å². The summed E-state index contributed by atoms with van der Waals surface area (Å²) in [6.45, 7) is 1.34. The standard InChI is InChI=1S/C14H20ClNO2.C2H2O4/c1-16(2)9-7-14(17)12-5-3-6-13(11-12)18-10-4-8-15;3-1(4)2(5)6/h3,5-6,11H,4,7-10H2,1-2H3;(H,3,4)(H,5,6). The van der Waals surface area contributed by atoms with Crippen LogP contribution in [0.3, 0.4) is 0 Å². The van der Waals surface area contributed by atoms with Crippen LogP contribution in [0.1, 0.15) is 23.2 Å². The van der Waals surface area contributed by atoms with E-state index in [2.05, 4.69) is 0 Å². The summed E-state index contributed by atoms with van der Waals surface area (Å²) < 4.78 is 5.52. The van der Waals surface area contributed by atoms with E-state index < -0.39 is 11.9 Å². The lowest BCUT2D eigenvalue weighted by Crippen LogP contribution is -2.16. The minimum atomic E-state index is -1.82. The van der Waals surface area contributed by atoms with Gasteiger partial charge in [0.05, 0.1) is 6.61 Å². The maximum atomic E-state index is 11.9. The number of aliphatic carboxylic acids is 2. The summed E-state index contributed by atoms with van der Waals surface area (Å²) in [4.78, 5) is 32.1. The van der Waals surface area contributed by atoms with Crippen molar-refractivity contribution >= 4 is 29.3 Å². The largest absolute Gasteiger partial charge is 0.494 e. The lowest BCUT2D eigenvalue weighted by Gasteiger charge is -2.09. The zero-order valence-electron chi connectivity index (χ0n) is 13.7. The first-order valence-electron chi connectivity index (χ1n) is 7.21. The molecule has 0 radical (unpaired) electrons. The molecule has 0 atom stereocenters. The lowest BCUT2D eigenvalue weighted by atomic mass is 10.1. The van der Waals surface area contributed by atoms with Crippen molar-refractivity contribution in [2.75, 3.05) is 33.1 Å². The average molecular weight is 360 g/mol. The predicted molar refractivity (Wildman–Crippen MR) is 90.0 cm³/mol. The Morgan fingerprint density at radius 3 is 2.29 bits per heavy atom. The summed E-state index contributed by atoms with van der Waals surface area (Å²) in [5, 5.41) is 14.8. The van der Waals surface area contributed by atoms with Crippen molar-refractivity contribution in [1.82, 2.24) is 4.90 Å². The van der Waals surface area contributed by atoms with E-state index in [1.807, 2.05) is 37.2 Å². The van der Waals surface area contributed by atoms with Gasteiger partial charge in [-0.15, -0.1) is 11.6 Å². The third-order valence-corrected chi connectivity index (χ3v) is 2.94. The van der Waals surface area contributed by atoms with Gasteiger partial charge < -0.3 is 19.8 Å². The maximum Gasteiger partial charge on any atom is 0.414 e. The molecular formula is C16H22ClNO6. The van der Waals surface area contributed by atoms with Gasteiger partial charge in [0, 0.05) is 24.4 Å². The highest BCUT2D eigenvalue weighted by Crippen LogP contribution is 2.15. The quantitative estimate of drug-likeness (QED) is 0.316. The number of ketones is 1. The Kier molecular flexibility index (Phi) is 11.2. The van der Waals surface area contributed by atoms with Gasteiger partial charge in [-0.3, -0.25) is 4.79 Å². The van der Waals surface area contributed by atoms with Gasteiger partial charge in [-0.05, 0) is 32.6 Å². The zero-order valence-corrected chi connectivity index (χ0v) is 14.5. The summed E-state index contributed by atoms with van der Waals surface area (Å²) in [6.07, 6.45) is 1.33. The Morgan fingerprint density at radius 2 is 1.79 bits per heavy atom. The van der Waals surface area contributed by atoms with Crippen LogP contribution in [0.5, 0.6) is 5.75 Å². The Labute approximate surface area is 145 Å². The lowest BCUT2D eigenvalue weighted by molar-refractivity contribution is -0.159. The second kappa shape index (κ2) is 12.3. The molecule has 0 aliphatic rings. The molecule has 134 valence electrons. The maximum absolute atomic E-state index is 11.9. The van der Waals surface area contributed by atoms with Gasteiger partial charge in [-0.2, -0.15) is 0 Å². The van der Waals surface area contributed by atoms with Crippen molar-refractivity contribution in [3.8, 4) is 5.75 Å². The van der Waals surface area contributed by atoms with Crippen LogP contribution in [0.4, 0.5) is 0 Å². The number of rotatable bonds is 8. The van der Waals surface area contributed by atoms with Gasteiger partial charge in [-0.1, -0.05) is 12.1 Å². The van der Waals surface area contributed by atoms with Crippen molar-refractivity contribution in [3.05, 3.63) is 29.8 Å². The number of Topliss-reactive ketones (excluding diaryl/α,β-unsaturated/α-hetero) is 1. The van der Waals surface area contributed by atoms with E-state index in [4.69, 9.17) is 36.1 Å². The molecule has 24 heavy (non-hydrogen) atoms. The van der Waals surface area contributed by atoms with Crippen LogP contribution in [0.25, 0.3) is 0 Å². The van der Waals surface area contributed by atoms with Gasteiger partial charge in [0.1, 0.15) is 5.75 Å². The summed E-state index contributed by atoms with van der Waals surface area (Å²) in [5.74, 6) is -2.19. The number of hydrogen-bond acceptors (Lipinski definition) is 5. The van der Waals surface area contributed by atoms with E-state index in [0.29, 0.717) is 24.5 Å². The first-order chi connectivity index (χ1) is 11.3. The molecule has 1 aromatic carbocycles. The monoisotopic (exact) mass is 359 g/mol. The molecule has 0 fully saturated rings. The molecule has 0 aliphatic heterocycles. The predicted octanol–water partition coefficient (Wildman–Crippen LogP) is 1.98. The number of nitrogens with zero attached hydrogens (tertiary/aromatic N) is 1. The molecule has 8 heteroatoms. The van der Waals surface area contributed by atoms with Gasteiger partial charge in [0.2, 0.25) is 0 Å². The summed E-state index contributed by atoms with van der Waals surface area (Å²) in [6, 6.07) is 7.33. The van der Waals surface area contributed by atoms with E-state index in [1.54, 1.807) is 6.07 Å². The Balaban J connectivity index is 0.000000754. The number of benzene rings is 1. The average Bonchev–Trinajstić information content (AvgIpc) is 2.53. The molecule has 0 heterocycles. The van der Waals surface area contributed by atoms with Crippen molar-refractivity contribution in [3.63, 3.8) is 0 Å². The molecule has 0 spiro atoms. The number of carboxylic acids is 2. The number of carbonyl (C=O) groups is 3. The number of alkyl halides is 1. The first-order valence-corrected chi connectivity index (χ1v) is 7.74. The molecule has 1 rings (SSSR count). The number of ether oxygens (including phenoxy) is 1. The van der Waals surface area contributed by atoms with Crippen molar-refractivity contribution in [2.45, 2.75) is 12.8 Å². The van der Waals surface area contributed by atoms with Gasteiger partial charge >= 0.3 is 11.9 Å². The first kappa shape index (κ1) is 21.9. The fourth-order valence-corrected chi connectivity index (χ4v) is 1.58. The highest BCUT2D eigenvalue weighted by Gasteiger charge is 2.07. The van der Waals surface area contributed by atoms with Gasteiger partial charge in [0.25, 0.3) is 0 Å². The van der Waals surface area contributed by atoms with E-state index >= 15 is 0 Å². The third-order valence-electron chi connectivity index (χ3n) is 2.67. The molecule has 7 nitrogen and oxygen atoms in total. The number of carboxylic acid groups (broad SMARTS) is 2. The van der Waals surface area contributed by atoms with Crippen molar-refractivity contribution in [1.29, 1.82) is 0 Å². The third kappa shape index (κ3) is 10.6. The van der Waals surface area contributed by atoms with E-state index in [0.717, 1.165) is 18.7 Å². The normalized spacial score (nSPS) is 9.83. The highest BCUT2D eigenvalue weighted by atomic mass is 35.5. The van der Waals surface area contributed by atoms with Crippen molar-refractivity contribution < 1.29 is 29.3 Å². The van der Waals surface area contributed by atoms with Crippen LogP contribution in [-0.4, -0.2) is 66.0 Å². The zero-order chi connectivity index (χ0) is 18.5. The topological polar surface area (TPSA) is 104 Å². The van der Waals surface area contributed by atoms with Crippen molar-refractivity contribution in [2.24, 2.45) is 0 Å². The number of carbonyl (C=O) groups excluding carboxylic acids is 1. The second-order valence-corrected chi connectivity index (χ2v) is 5.38. The highest BCUT2D eigenvalue weighted by molar-refractivity contribution is 6.27. The number of hydrogen-bond donors (Lipinski definition) is 2. The molecule has 0 unspecified atom stereocenters. The van der Waals surface area contributed by atoms with E-state index in [9.17, 15) is 4.79 Å². The van der Waals surface area contributed by atoms with E-state index in [-0.39, 0.29) is 5.78 Å². The molecule has 0 saturated heterocycles. The molecule has 0 saturated carbocycles. The Morgan fingerprint density at radius 1 is 1.17 bits per heavy atom. The smallest absolute Gasteiger partial charge is 0.414 e. The molecule has 0 amide bonds. The molecule has 1 aromatic rings. The minimum absolute atomic E-state index is 0.145. The van der Waals surface area contributed by atoms with Crippen LogP contribution >= 0.6 is 11.6 Å². The van der Waals surface area contributed by atoms with E-state index in [1.165, 1.54) is 0 Å². The summed E-state index contributed by atoms with van der Waals surface area (Å²) in [7, 11) is 3.91. The minimum Gasteiger partial charge on any atom is -0.494 e.